The third-order valence-electron chi connectivity index (χ3n) is 3.37. The van der Waals surface area contributed by atoms with Crippen molar-refractivity contribution in [3.8, 4) is 0 Å². The Morgan fingerprint density at radius 1 is 1.20 bits per heavy atom. The fourth-order valence-electron chi connectivity index (χ4n) is 2.48. The van der Waals surface area contributed by atoms with E-state index in [9.17, 15) is 9.90 Å². The number of likely N-dealkylation sites (tertiary alicyclic amines) is 1. The smallest absolute Gasteiger partial charge is 0.317 e. The topological polar surface area (TPSA) is 52.6 Å². The van der Waals surface area contributed by atoms with Crippen LogP contribution in [0.15, 0.2) is 0 Å². The Morgan fingerprint density at radius 3 is 2.60 bits per heavy atom. The molecular weight excluding hydrogens is 192 g/mol. The quantitative estimate of drug-likeness (QED) is 0.683. The number of carbonyl (C=O) groups is 1. The molecule has 0 aromatic heterocycles. The van der Waals surface area contributed by atoms with E-state index < -0.39 is 0 Å². The van der Waals surface area contributed by atoms with Crippen molar-refractivity contribution in [2.45, 2.75) is 50.7 Å². The Hall–Kier alpha value is -0.770. The summed E-state index contributed by atoms with van der Waals surface area (Å²) in [5.74, 6) is 0. The zero-order valence-corrected chi connectivity index (χ0v) is 9.11. The van der Waals surface area contributed by atoms with Gasteiger partial charge in [-0.05, 0) is 25.7 Å². The fourth-order valence-corrected chi connectivity index (χ4v) is 2.48. The first-order valence-electron chi connectivity index (χ1n) is 5.99. The van der Waals surface area contributed by atoms with Gasteiger partial charge in [-0.15, -0.1) is 0 Å². The molecule has 86 valence electrons. The van der Waals surface area contributed by atoms with Gasteiger partial charge in [-0.3, -0.25) is 0 Å². The molecule has 1 aliphatic heterocycles. The standard InChI is InChI=1S/C11H20N2O2/c14-10-6-3-7-13(8-10)11(15)12-9-4-1-2-5-9/h9-10,14H,1-8H2,(H,12,15)/t10-/m0/s1. The van der Waals surface area contributed by atoms with Crippen LogP contribution in [-0.2, 0) is 0 Å². The number of β-amino-alcohol motifs (C(OH)–C–C–N with tert-alkyl or cyclic N) is 1. The summed E-state index contributed by atoms with van der Waals surface area (Å²) in [6.45, 7) is 1.29. The molecule has 1 heterocycles. The molecule has 15 heavy (non-hydrogen) atoms. The van der Waals surface area contributed by atoms with Gasteiger partial charge < -0.3 is 15.3 Å². The molecule has 4 nitrogen and oxygen atoms in total. The predicted molar refractivity (Wildman–Crippen MR) is 57.6 cm³/mol. The van der Waals surface area contributed by atoms with Crippen LogP contribution in [0, 0.1) is 0 Å². The maximum absolute atomic E-state index is 11.8. The molecule has 0 aromatic rings. The van der Waals surface area contributed by atoms with Crippen molar-refractivity contribution < 1.29 is 9.90 Å². The molecule has 0 unspecified atom stereocenters. The number of amides is 2. The van der Waals surface area contributed by atoms with Crippen LogP contribution in [0.1, 0.15) is 38.5 Å². The molecule has 2 N–H and O–H groups in total. The van der Waals surface area contributed by atoms with Crippen LogP contribution in [0.4, 0.5) is 4.79 Å². The summed E-state index contributed by atoms with van der Waals surface area (Å²) >= 11 is 0. The number of nitrogens with zero attached hydrogens (tertiary/aromatic N) is 1. The number of urea groups is 1. The number of aliphatic hydroxyl groups is 1. The molecule has 2 aliphatic rings. The molecule has 0 aromatic carbocycles. The van der Waals surface area contributed by atoms with E-state index in [0.717, 1.165) is 32.2 Å². The second kappa shape index (κ2) is 4.84. The fraction of sp³-hybridized carbons (Fsp3) is 0.909. The molecule has 0 spiro atoms. The summed E-state index contributed by atoms with van der Waals surface area (Å²) in [6, 6.07) is 0.386. The highest BCUT2D eigenvalue weighted by Crippen LogP contribution is 2.18. The van der Waals surface area contributed by atoms with Crippen LogP contribution in [0.3, 0.4) is 0 Å². The molecule has 2 fully saturated rings. The van der Waals surface area contributed by atoms with Crippen molar-refractivity contribution >= 4 is 6.03 Å². The Kier molecular flexibility index (Phi) is 3.46. The number of hydrogen-bond donors (Lipinski definition) is 2. The van der Waals surface area contributed by atoms with Crippen LogP contribution >= 0.6 is 0 Å². The lowest BCUT2D eigenvalue weighted by molar-refractivity contribution is 0.0833. The van der Waals surface area contributed by atoms with Gasteiger partial charge in [0.05, 0.1) is 6.10 Å². The summed E-state index contributed by atoms with van der Waals surface area (Å²) in [5, 5.41) is 12.5. The SMILES string of the molecule is O=C(NC1CCCC1)N1CCC[C@H](O)C1. The Balaban J connectivity index is 1.78. The average Bonchev–Trinajstić information content (AvgIpc) is 2.70. The van der Waals surface area contributed by atoms with E-state index >= 15 is 0 Å². The van der Waals surface area contributed by atoms with E-state index in [2.05, 4.69) is 5.32 Å². The number of nitrogens with one attached hydrogen (secondary N) is 1. The molecule has 1 aliphatic carbocycles. The van der Waals surface area contributed by atoms with Gasteiger partial charge in [-0.25, -0.2) is 4.79 Å². The van der Waals surface area contributed by atoms with Crippen molar-refractivity contribution in [3.63, 3.8) is 0 Å². The third-order valence-corrected chi connectivity index (χ3v) is 3.37. The minimum Gasteiger partial charge on any atom is -0.391 e. The lowest BCUT2D eigenvalue weighted by Crippen LogP contribution is -2.49. The molecule has 0 bridgehead atoms. The average molecular weight is 212 g/mol. The number of rotatable bonds is 1. The molecule has 1 saturated carbocycles. The summed E-state index contributed by atoms with van der Waals surface area (Å²) in [7, 11) is 0. The van der Waals surface area contributed by atoms with E-state index in [4.69, 9.17) is 0 Å². The van der Waals surface area contributed by atoms with Crippen molar-refractivity contribution in [2.24, 2.45) is 0 Å². The number of carbonyl (C=O) groups excluding carboxylic acids is 1. The van der Waals surface area contributed by atoms with Crippen LogP contribution in [0.2, 0.25) is 0 Å². The minimum absolute atomic E-state index is 0.0145. The zero-order valence-electron chi connectivity index (χ0n) is 9.11. The third kappa shape index (κ3) is 2.84. The van der Waals surface area contributed by atoms with Crippen molar-refractivity contribution in [2.75, 3.05) is 13.1 Å². The van der Waals surface area contributed by atoms with Crippen LogP contribution < -0.4 is 5.32 Å². The van der Waals surface area contributed by atoms with E-state index in [0.29, 0.717) is 12.6 Å². The van der Waals surface area contributed by atoms with Gasteiger partial charge in [0.1, 0.15) is 0 Å². The molecule has 1 saturated heterocycles. The first-order chi connectivity index (χ1) is 7.25. The van der Waals surface area contributed by atoms with Gasteiger partial charge in [0, 0.05) is 19.1 Å². The Bertz CT molecular complexity index is 227. The molecule has 2 amide bonds. The predicted octanol–water partition coefficient (Wildman–Crippen LogP) is 1.10. The molecule has 4 heteroatoms. The summed E-state index contributed by atoms with van der Waals surface area (Å²) in [4.78, 5) is 13.5. The van der Waals surface area contributed by atoms with Gasteiger partial charge in [0.25, 0.3) is 0 Å². The number of hydrogen-bond acceptors (Lipinski definition) is 2. The largest absolute Gasteiger partial charge is 0.391 e. The minimum atomic E-state index is -0.326. The normalized spacial score (nSPS) is 28.1. The maximum Gasteiger partial charge on any atom is 0.317 e. The lowest BCUT2D eigenvalue weighted by Gasteiger charge is -2.31. The first-order valence-corrected chi connectivity index (χ1v) is 5.99. The van der Waals surface area contributed by atoms with Crippen molar-refractivity contribution in [1.29, 1.82) is 0 Å². The molecular formula is C11H20N2O2. The second-order valence-electron chi connectivity index (χ2n) is 4.67. The van der Waals surface area contributed by atoms with Crippen molar-refractivity contribution in [3.05, 3.63) is 0 Å². The van der Waals surface area contributed by atoms with Crippen LogP contribution in [-0.4, -0.2) is 41.3 Å². The van der Waals surface area contributed by atoms with Gasteiger partial charge in [-0.2, -0.15) is 0 Å². The highest BCUT2D eigenvalue weighted by molar-refractivity contribution is 5.74. The number of piperidine rings is 1. The molecule has 2 rings (SSSR count). The van der Waals surface area contributed by atoms with E-state index in [1.54, 1.807) is 4.90 Å². The van der Waals surface area contributed by atoms with E-state index in [1.807, 2.05) is 0 Å². The Labute approximate surface area is 90.6 Å². The van der Waals surface area contributed by atoms with Gasteiger partial charge >= 0.3 is 6.03 Å². The van der Waals surface area contributed by atoms with Gasteiger partial charge in [-0.1, -0.05) is 12.8 Å². The molecule has 0 radical (unpaired) electrons. The van der Waals surface area contributed by atoms with Gasteiger partial charge in [0.2, 0.25) is 0 Å². The summed E-state index contributed by atoms with van der Waals surface area (Å²) in [6.07, 6.45) is 6.10. The monoisotopic (exact) mass is 212 g/mol. The summed E-state index contributed by atoms with van der Waals surface area (Å²) in [5.41, 5.74) is 0. The van der Waals surface area contributed by atoms with Crippen LogP contribution in [0.25, 0.3) is 0 Å². The first kappa shape index (κ1) is 10.7. The van der Waals surface area contributed by atoms with E-state index in [-0.39, 0.29) is 12.1 Å². The lowest BCUT2D eigenvalue weighted by atomic mass is 10.1. The highest BCUT2D eigenvalue weighted by atomic mass is 16.3. The maximum atomic E-state index is 11.8. The van der Waals surface area contributed by atoms with Crippen LogP contribution in [0.5, 0.6) is 0 Å². The van der Waals surface area contributed by atoms with Crippen molar-refractivity contribution in [1.82, 2.24) is 10.2 Å². The molecule has 1 atom stereocenters. The van der Waals surface area contributed by atoms with Gasteiger partial charge in [0.15, 0.2) is 0 Å². The second-order valence-corrected chi connectivity index (χ2v) is 4.67. The highest BCUT2D eigenvalue weighted by Gasteiger charge is 2.24. The summed E-state index contributed by atoms with van der Waals surface area (Å²) < 4.78 is 0. The zero-order chi connectivity index (χ0) is 10.7. The Morgan fingerprint density at radius 2 is 1.93 bits per heavy atom. The van der Waals surface area contributed by atoms with E-state index in [1.165, 1.54) is 12.8 Å². The number of aliphatic hydroxyl groups excluding tert-OH is 1.